The number of hydrogen-bond acceptors (Lipinski definition) is 4. The van der Waals surface area contributed by atoms with E-state index in [-0.39, 0.29) is 44.5 Å². The van der Waals surface area contributed by atoms with Crippen molar-refractivity contribution in [3.63, 3.8) is 0 Å². The van der Waals surface area contributed by atoms with Gasteiger partial charge in [0.15, 0.2) is 5.60 Å². The van der Waals surface area contributed by atoms with E-state index in [9.17, 15) is 14.7 Å². The predicted octanol–water partition coefficient (Wildman–Crippen LogP) is 0.240. The summed E-state index contributed by atoms with van der Waals surface area (Å²) < 4.78 is 5.34. The van der Waals surface area contributed by atoms with E-state index in [1.54, 1.807) is 4.90 Å². The van der Waals surface area contributed by atoms with Gasteiger partial charge in [-0.25, -0.2) is 4.79 Å². The molecule has 1 aliphatic heterocycles. The van der Waals surface area contributed by atoms with Crippen molar-refractivity contribution in [2.75, 3.05) is 19.7 Å². The number of likely N-dealkylation sites (tertiary alicyclic amines) is 1. The molecule has 0 radical (unpaired) electrons. The maximum Gasteiger partial charge on any atom is 0.335 e. The fourth-order valence-electron chi connectivity index (χ4n) is 1.76. The molecule has 18 heavy (non-hydrogen) atoms. The Morgan fingerprint density at radius 1 is 1.39 bits per heavy atom. The van der Waals surface area contributed by atoms with Gasteiger partial charge in [-0.2, -0.15) is 0 Å². The highest BCUT2D eigenvalue weighted by Gasteiger charge is 2.40. The lowest BCUT2D eigenvalue weighted by atomic mass is 9.91. The van der Waals surface area contributed by atoms with Gasteiger partial charge in [0.25, 0.3) is 0 Å². The summed E-state index contributed by atoms with van der Waals surface area (Å²) in [5, 5.41) is 18.6. The van der Waals surface area contributed by atoms with Crippen LogP contribution in [0.1, 0.15) is 33.1 Å². The lowest BCUT2D eigenvalue weighted by molar-refractivity contribution is -0.166. The van der Waals surface area contributed by atoms with E-state index in [0.717, 1.165) is 6.42 Å². The smallest absolute Gasteiger partial charge is 0.335 e. The number of amides is 1. The number of hydrogen-bond donors (Lipinski definition) is 2. The Bertz CT molecular complexity index is 310. The first-order chi connectivity index (χ1) is 8.39. The number of carbonyl (C=O) groups is 2. The van der Waals surface area contributed by atoms with Gasteiger partial charge < -0.3 is 19.8 Å². The first-order valence-electron chi connectivity index (χ1n) is 6.24. The van der Waals surface area contributed by atoms with Gasteiger partial charge in [0.1, 0.15) is 6.61 Å². The molecule has 1 heterocycles. The number of aliphatic carboxylic acids is 1. The molecule has 1 atom stereocenters. The molecule has 104 valence electrons. The second-order valence-corrected chi connectivity index (χ2v) is 4.75. The minimum absolute atomic E-state index is 0.0144. The predicted molar refractivity (Wildman–Crippen MR) is 64.1 cm³/mol. The van der Waals surface area contributed by atoms with Crippen LogP contribution in [0, 0.1) is 0 Å². The van der Waals surface area contributed by atoms with E-state index >= 15 is 0 Å². The van der Waals surface area contributed by atoms with Crippen LogP contribution >= 0.6 is 0 Å². The molecule has 1 rings (SSSR count). The summed E-state index contributed by atoms with van der Waals surface area (Å²) in [6.45, 7) is 4.40. The standard InChI is InChI=1S/C12H21NO5/c1-3-9(2)18-8-10(14)13-6-4-12(17,5-7-13)11(15)16/h9,17H,3-8H2,1-2H3,(H,15,16). The third-order valence-electron chi connectivity index (χ3n) is 3.41. The summed E-state index contributed by atoms with van der Waals surface area (Å²) in [7, 11) is 0. The van der Waals surface area contributed by atoms with E-state index in [4.69, 9.17) is 9.84 Å². The number of piperidine rings is 1. The van der Waals surface area contributed by atoms with Gasteiger partial charge in [0.05, 0.1) is 6.10 Å². The highest BCUT2D eigenvalue weighted by Crippen LogP contribution is 2.22. The summed E-state index contributed by atoms with van der Waals surface area (Å²) in [6, 6.07) is 0. The van der Waals surface area contributed by atoms with Gasteiger partial charge in [-0.15, -0.1) is 0 Å². The number of carboxylic acids is 1. The summed E-state index contributed by atoms with van der Waals surface area (Å²) in [6.07, 6.45) is 1.01. The fraction of sp³-hybridized carbons (Fsp3) is 0.833. The molecular weight excluding hydrogens is 238 g/mol. The van der Waals surface area contributed by atoms with Gasteiger partial charge >= 0.3 is 5.97 Å². The molecule has 1 saturated heterocycles. The molecule has 1 amide bonds. The van der Waals surface area contributed by atoms with Crippen molar-refractivity contribution in [1.29, 1.82) is 0 Å². The maximum atomic E-state index is 11.8. The Kier molecular flexibility index (Phi) is 5.10. The van der Waals surface area contributed by atoms with Gasteiger partial charge in [-0.05, 0) is 13.3 Å². The monoisotopic (exact) mass is 259 g/mol. The minimum atomic E-state index is -1.69. The van der Waals surface area contributed by atoms with E-state index in [2.05, 4.69) is 0 Å². The number of nitrogens with zero attached hydrogens (tertiary/aromatic N) is 1. The maximum absolute atomic E-state index is 11.8. The molecule has 0 spiro atoms. The topological polar surface area (TPSA) is 87.1 Å². The zero-order valence-electron chi connectivity index (χ0n) is 10.9. The Labute approximate surface area is 107 Å². The van der Waals surface area contributed by atoms with Crippen molar-refractivity contribution >= 4 is 11.9 Å². The highest BCUT2D eigenvalue weighted by atomic mass is 16.5. The van der Waals surface area contributed by atoms with Crippen LogP contribution in [-0.2, 0) is 14.3 Å². The van der Waals surface area contributed by atoms with Crippen LogP contribution in [0.3, 0.4) is 0 Å². The Balaban J connectivity index is 2.38. The fourth-order valence-corrected chi connectivity index (χ4v) is 1.76. The molecule has 0 aromatic rings. The van der Waals surface area contributed by atoms with E-state index in [1.807, 2.05) is 13.8 Å². The summed E-state index contributed by atoms with van der Waals surface area (Å²) >= 11 is 0. The van der Waals surface area contributed by atoms with Crippen molar-refractivity contribution in [2.45, 2.75) is 44.8 Å². The first kappa shape index (κ1) is 14.9. The Morgan fingerprint density at radius 3 is 2.39 bits per heavy atom. The van der Waals surface area contributed by atoms with Crippen molar-refractivity contribution in [3.8, 4) is 0 Å². The number of carboxylic acid groups (broad SMARTS) is 1. The molecule has 6 nitrogen and oxygen atoms in total. The minimum Gasteiger partial charge on any atom is -0.479 e. The third kappa shape index (κ3) is 3.68. The molecule has 0 aromatic carbocycles. The number of ether oxygens (including phenoxy) is 1. The molecule has 0 aliphatic carbocycles. The molecule has 0 bridgehead atoms. The van der Waals surface area contributed by atoms with Crippen LogP contribution in [0.2, 0.25) is 0 Å². The quantitative estimate of drug-likeness (QED) is 0.738. The van der Waals surface area contributed by atoms with Gasteiger partial charge in [-0.1, -0.05) is 6.92 Å². The van der Waals surface area contributed by atoms with Crippen molar-refractivity contribution in [2.24, 2.45) is 0 Å². The molecule has 1 fully saturated rings. The van der Waals surface area contributed by atoms with Crippen LogP contribution in [0.5, 0.6) is 0 Å². The summed E-state index contributed by atoms with van der Waals surface area (Å²) in [5.74, 6) is -1.37. The number of aliphatic hydroxyl groups is 1. The number of rotatable bonds is 5. The molecular formula is C12H21NO5. The van der Waals surface area contributed by atoms with Crippen LogP contribution in [0.15, 0.2) is 0 Å². The summed E-state index contributed by atoms with van der Waals surface area (Å²) in [5.41, 5.74) is -1.69. The van der Waals surface area contributed by atoms with Crippen molar-refractivity contribution in [1.82, 2.24) is 4.90 Å². The average molecular weight is 259 g/mol. The van der Waals surface area contributed by atoms with Crippen molar-refractivity contribution in [3.05, 3.63) is 0 Å². The summed E-state index contributed by atoms with van der Waals surface area (Å²) in [4.78, 5) is 24.1. The zero-order valence-corrected chi connectivity index (χ0v) is 10.9. The average Bonchev–Trinajstić information content (AvgIpc) is 2.36. The molecule has 1 aliphatic rings. The first-order valence-corrected chi connectivity index (χ1v) is 6.24. The van der Waals surface area contributed by atoms with Crippen LogP contribution in [0.4, 0.5) is 0 Å². The van der Waals surface area contributed by atoms with Crippen LogP contribution < -0.4 is 0 Å². The van der Waals surface area contributed by atoms with E-state index in [0.29, 0.717) is 0 Å². The van der Waals surface area contributed by atoms with Gasteiger partial charge in [-0.3, -0.25) is 4.79 Å². The zero-order chi connectivity index (χ0) is 13.8. The molecule has 0 saturated carbocycles. The second kappa shape index (κ2) is 6.15. The van der Waals surface area contributed by atoms with Gasteiger partial charge in [0.2, 0.25) is 5.91 Å². The van der Waals surface area contributed by atoms with Crippen LogP contribution in [-0.4, -0.2) is 58.4 Å². The Hall–Kier alpha value is -1.14. The van der Waals surface area contributed by atoms with Crippen molar-refractivity contribution < 1.29 is 24.5 Å². The normalized spacial score (nSPS) is 20.5. The highest BCUT2D eigenvalue weighted by molar-refractivity contribution is 5.80. The molecule has 0 aromatic heterocycles. The van der Waals surface area contributed by atoms with Gasteiger partial charge in [0, 0.05) is 25.9 Å². The lowest BCUT2D eigenvalue weighted by Gasteiger charge is -2.35. The molecule has 2 N–H and O–H groups in total. The number of carbonyl (C=O) groups excluding carboxylic acids is 1. The van der Waals surface area contributed by atoms with E-state index in [1.165, 1.54) is 0 Å². The third-order valence-corrected chi connectivity index (χ3v) is 3.41. The van der Waals surface area contributed by atoms with E-state index < -0.39 is 11.6 Å². The SMILES string of the molecule is CCC(C)OCC(=O)N1CCC(O)(C(=O)O)CC1. The van der Waals surface area contributed by atoms with Crippen LogP contribution in [0.25, 0.3) is 0 Å². The second-order valence-electron chi connectivity index (χ2n) is 4.75. The largest absolute Gasteiger partial charge is 0.479 e. The lowest BCUT2D eigenvalue weighted by Crippen LogP contribution is -2.51. The molecule has 1 unspecified atom stereocenters. The molecule has 6 heteroatoms. The Morgan fingerprint density at radius 2 is 1.94 bits per heavy atom.